The third-order valence-corrected chi connectivity index (χ3v) is 5.18. The molecule has 3 aromatic rings. The van der Waals surface area contributed by atoms with Gasteiger partial charge < -0.3 is 4.90 Å². The predicted octanol–water partition coefficient (Wildman–Crippen LogP) is 3.80. The number of carbonyl (C=O) groups excluding carboxylic acids is 1. The molecule has 5 heteroatoms. The fourth-order valence-corrected chi connectivity index (χ4v) is 3.70. The first-order valence-corrected chi connectivity index (χ1v) is 8.95. The molecule has 2 heterocycles. The second kappa shape index (κ2) is 6.75. The Morgan fingerprint density at radius 1 is 1.19 bits per heavy atom. The number of rotatable bonds is 3. The summed E-state index contributed by atoms with van der Waals surface area (Å²) >= 11 is 0. The molecular formula is C21H22N4O. The molecule has 0 spiro atoms. The van der Waals surface area contributed by atoms with E-state index in [0.717, 1.165) is 18.5 Å². The summed E-state index contributed by atoms with van der Waals surface area (Å²) in [5.41, 5.74) is 4.13. The van der Waals surface area contributed by atoms with Gasteiger partial charge in [-0.25, -0.2) is 4.98 Å². The minimum atomic E-state index is 0.0773. The topological polar surface area (TPSA) is 61.9 Å². The van der Waals surface area contributed by atoms with Gasteiger partial charge in [-0.05, 0) is 38.0 Å². The highest BCUT2D eigenvalue weighted by Gasteiger charge is 2.33. The number of hydrogen-bond donors (Lipinski definition) is 1. The maximum atomic E-state index is 13.1. The molecule has 26 heavy (non-hydrogen) atoms. The molecule has 1 aliphatic rings. The van der Waals surface area contributed by atoms with Crippen LogP contribution in [0.4, 0.5) is 0 Å². The first kappa shape index (κ1) is 16.5. The van der Waals surface area contributed by atoms with Crippen LogP contribution in [0.2, 0.25) is 0 Å². The standard InChI is InChI=1S/C21H22N4O/c1-14-6-8-16(9-7-14)19-10-15(2)25(12-19)21(26)18-5-3-4-17(11-18)20-22-13-23-24-20/h3-9,11,13,15,19H,10,12H2,1-2H3,(H,22,23,24)/t15-,19+/m1/s1. The van der Waals surface area contributed by atoms with Gasteiger partial charge in [-0.3, -0.25) is 9.89 Å². The Kier molecular flexibility index (Phi) is 4.29. The molecule has 1 N–H and O–H groups in total. The average molecular weight is 346 g/mol. The van der Waals surface area contributed by atoms with Gasteiger partial charge in [0.25, 0.3) is 5.91 Å². The average Bonchev–Trinajstić information content (AvgIpc) is 3.32. The van der Waals surface area contributed by atoms with Crippen LogP contribution in [-0.4, -0.2) is 38.6 Å². The SMILES string of the molecule is Cc1ccc([C@H]2C[C@@H](C)N(C(=O)c3cccc(-c4ncn[nH]4)c3)C2)cc1. The number of hydrogen-bond acceptors (Lipinski definition) is 3. The number of H-pyrrole nitrogens is 1. The van der Waals surface area contributed by atoms with E-state index >= 15 is 0 Å². The third-order valence-electron chi connectivity index (χ3n) is 5.18. The van der Waals surface area contributed by atoms with Crippen molar-refractivity contribution >= 4 is 5.91 Å². The summed E-state index contributed by atoms with van der Waals surface area (Å²) in [5.74, 6) is 1.15. The Morgan fingerprint density at radius 3 is 2.73 bits per heavy atom. The molecule has 132 valence electrons. The maximum absolute atomic E-state index is 13.1. The molecule has 0 aliphatic carbocycles. The molecule has 0 saturated carbocycles. The molecule has 1 amide bonds. The second-order valence-electron chi connectivity index (χ2n) is 7.06. The quantitative estimate of drug-likeness (QED) is 0.785. The van der Waals surface area contributed by atoms with Crippen molar-refractivity contribution in [3.05, 3.63) is 71.5 Å². The number of carbonyl (C=O) groups is 1. The maximum Gasteiger partial charge on any atom is 0.254 e. The monoisotopic (exact) mass is 346 g/mol. The van der Waals surface area contributed by atoms with Crippen molar-refractivity contribution in [1.82, 2.24) is 20.1 Å². The van der Waals surface area contributed by atoms with Gasteiger partial charge >= 0.3 is 0 Å². The lowest BCUT2D eigenvalue weighted by atomic mass is 9.96. The van der Waals surface area contributed by atoms with Crippen LogP contribution < -0.4 is 0 Å². The van der Waals surface area contributed by atoms with E-state index in [1.807, 2.05) is 29.2 Å². The summed E-state index contributed by atoms with van der Waals surface area (Å²) in [6, 6.07) is 16.5. The second-order valence-corrected chi connectivity index (χ2v) is 7.06. The van der Waals surface area contributed by atoms with Gasteiger partial charge in [0.05, 0.1) is 0 Å². The molecule has 2 atom stereocenters. The number of aryl methyl sites for hydroxylation is 1. The summed E-state index contributed by atoms with van der Waals surface area (Å²) in [6.07, 6.45) is 2.47. The van der Waals surface area contributed by atoms with Crippen LogP contribution in [0.5, 0.6) is 0 Å². The van der Waals surface area contributed by atoms with E-state index in [9.17, 15) is 4.79 Å². The van der Waals surface area contributed by atoms with Crippen LogP contribution >= 0.6 is 0 Å². The van der Waals surface area contributed by atoms with E-state index in [1.165, 1.54) is 17.5 Å². The van der Waals surface area contributed by atoms with Crippen LogP contribution in [0.3, 0.4) is 0 Å². The summed E-state index contributed by atoms with van der Waals surface area (Å²) in [5, 5.41) is 6.73. The number of nitrogens with zero attached hydrogens (tertiary/aromatic N) is 3. The Morgan fingerprint density at radius 2 is 2.00 bits per heavy atom. The minimum Gasteiger partial charge on any atom is -0.335 e. The number of likely N-dealkylation sites (tertiary alicyclic amines) is 1. The molecule has 1 fully saturated rings. The van der Waals surface area contributed by atoms with Crippen molar-refractivity contribution in [2.24, 2.45) is 0 Å². The Balaban J connectivity index is 1.55. The minimum absolute atomic E-state index is 0.0773. The normalized spacial score (nSPS) is 19.7. The zero-order valence-corrected chi connectivity index (χ0v) is 15.0. The van der Waals surface area contributed by atoms with E-state index in [4.69, 9.17) is 0 Å². The number of benzene rings is 2. The predicted molar refractivity (Wildman–Crippen MR) is 101 cm³/mol. The largest absolute Gasteiger partial charge is 0.335 e. The van der Waals surface area contributed by atoms with Crippen molar-refractivity contribution in [1.29, 1.82) is 0 Å². The highest BCUT2D eigenvalue weighted by Crippen LogP contribution is 2.33. The first-order chi connectivity index (χ1) is 12.6. The van der Waals surface area contributed by atoms with Gasteiger partial charge in [-0.1, -0.05) is 42.0 Å². The van der Waals surface area contributed by atoms with E-state index in [0.29, 0.717) is 17.3 Å². The lowest BCUT2D eigenvalue weighted by molar-refractivity contribution is 0.0746. The van der Waals surface area contributed by atoms with Crippen molar-refractivity contribution < 1.29 is 4.79 Å². The van der Waals surface area contributed by atoms with Crippen LogP contribution in [-0.2, 0) is 0 Å². The van der Waals surface area contributed by atoms with Crippen LogP contribution in [0.25, 0.3) is 11.4 Å². The van der Waals surface area contributed by atoms with Crippen molar-refractivity contribution in [2.75, 3.05) is 6.54 Å². The summed E-state index contributed by atoms with van der Waals surface area (Å²) in [4.78, 5) is 19.2. The van der Waals surface area contributed by atoms with E-state index in [1.54, 1.807) is 0 Å². The van der Waals surface area contributed by atoms with Crippen LogP contribution in [0.1, 0.15) is 40.7 Å². The van der Waals surface area contributed by atoms with Crippen molar-refractivity contribution in [3.8, 4) is 11.4 Å². The fraction of sp³-hybridized carbons (Fsp3) is 0.286. The van der Waals surface area contributed by atoms with Gasteiger partial charge in [-0.15, -0.1) is 0 Å². The smallest absolute Gasteiger partial charge is 0.254 e. The molecule has 1 saturated heterocycles. The zero-order chi connectivity index (χ0) is 18.1. The molecule has 0 bridgehead atoms. The summed E-state index contributed by atoms with van der Waals surface area (Å²) < 4.78 is 0. The highest BCUT2D eigenvalue weighted by molar-refractivity contribution is 5.95. The van der Waals surface area contributed by atoms with Gasteiger partial charge in [0.1, 0.15) is 6.33 Å². The molecule has 2 aromatic carbocycles. The number of amides is 1. The van der Waals surface area contributed by atoms with Crippen molar-refractivity contribution in [3.63, 3.8) is 0 Å². The molecular weight excluding hydrogens is 324 g/mol. The Labute approximate surface area is 153 Å². The van der Waals surface area contributed by atoms with Gasteiger partial charge in [-0.2, -0.15) is 5.10 Å². The lowest BCUT2D eigenvalue weighted by Crippen LogP contribution is -2.33. The zero-order valence-electron chi connectivity index (χ0n) is 15.0. The van der Waals surface area contributed by atoms with Crippen LogP contribution in [0, 0.1) is 6.92 Å². The fourth-order valence-electron chi connectivity index (χ4n) is 3.70. The first-order valence-electron chi connectivity index (χ1n) is 8.95. The molecule has 5 nitrogen and oxygen atoms in total. The van der Waals surface area contributed by atoms with E-state index in [2.05, 4.69) is 53.3 Å². The molecule has 4 rings (SSSR count). The molecule has 0 unspecified atom stereocenters. The Hall–Kier alpha value is -2.95. The van der Waals surface area contributed by atoms with Gasteiger partial charge in [0.15, 0.2) is 5.82 Å². The van der Waals surface area contributed by atoms with Crippen LogP contribution in [0.15, 0.2) is 54.9 Å². The van der Waals surface area contributed by atoms with Crippen molar-refractivity contribution in [2.45, 2.75) is 32.2 Å². The van der Waals surface area contributed by atoms with E-state index < -0.39 is 0 Å². The Bertz CT molecular complexity index is 902. The molecule has 0 radical (unpaired) electrons. The molecule has 1 aromatic heterocycles. The number of nitrogens with one attached hydrogen (secondary N) is 1. The van der Waals surface area contributed by atoms with Gasteiger partial charge in [0, 0.05) is 29.6 Å². The molecule has 1 aliphatic heterocycles. The lowest BCUT2D eigenvalue weighted by Gasteiger charge is -2.22. The summed E-state index contributed by atoms with van der Waals surface area (Å²) in [6.45, 7) is 4.99. The number of aromatic nitrogens is 3. The third kappa shape index (κ3) is 3.12. The van der Waals surface area contributed by atoms with Gasteiger partial charge in [0.2, 0.25) is 0 Å². The number of aromatic amines is 1. The van der Waals surface area contributed by atoms with E-state index in [-0.39, 0.29) is 11.9 Å². The highest BCUT2D eigenvalue weighted by atomic mass is 16.2. The summed E-state index contributed by atoms with van der Waals surface area (Å²) in [7, 11) is 0.